The quantitative estimate of drug-likeness (QED) is 0.820. The average Bonchev–Trinajstić information content (AvgIpc) is 2.93. The fourth-order valence-corrected chi connectivity index (χ4v) is 2.62. The van der Waals surface area contributed by atoms with Crippen LogP contribution in [0.15, 0.2) is 29.8 Å². The van der Waals surface area contributed by atoms with Crippen molar-refractivity contribution in [3.05, 3.63) is 35.5 Å². The number of thiazole rings is 1. The lowest BCUT2D eigenvalue weighted by atomic mass is 10.1. The van der Waals surface area contributed by atoms with Crippen LogP contribution in [0.2, 0.25) is 0 Å². The maximum Gasteiger partial charge on any atom is 0.320 e. The number of carboxylic acids is 1. The van der Waals surface area contributed by atoms with Crippen LogP contribution in [0.25, 0.3) is 10.7 Å². The van der Waals surface area contributed by atoms with Crippen LogP contribution in [0.3, 0.4) is 0 Å². The van der Waals surface area contributed by atoms with E-state index in [2.05, 4.69) is 15.3 Å². The number of nitrogens with one attached hydrogen (secondary N) is 1. The topological polar surface area (TPSA) is 75.1 Å². The first kappa shape index (κ1) is 14.6. The average molecular weight is 291 g/mol. The Bertz CT molecular complexity index is 557. The van der Waals surface area contributed by atoms with Crippen molar-refractivity contribution in [2.24, 2.45) is 0 Å². The number of rotatable bonds is 7. The summed E-state index contributed by atoms with van der Waals surface area (Å²) in [6, 6.07) is 5.18. The van der Waals surface area contributed by atoms with Gasteiger partial charge in [0.05, 0.1) is 11.4 Å². The van der Waals surface area contributed by atoms with Crippen molar-refractivity contribution in [2.45, 2.75) is 32.4 Å². The number of pyridine rings is 1. The molecule has 0 fully saturated rings. The molecule has 2 rings (SSSR count). The Morgan fingerprint density at radius 2 is 2.35 bits per heavy atom. The molecule has 5 nitrogen and oxygen atoms in total. The third kappa shape index (κ3) is 3.85. The molecule has 0 saturated carbocycles. The molecule has 0 amide bonds. The summed E-state index contributed by atoms with van der Waals surface area (Å²) in [5.41, 5.74) is 1.69. The highest BCUT2D eigenvalue weighted by Crippen LogP contribution is 2.21. The van der Waals surface area contributed by atoms with Gasteiger partial charge in [-0.25, -0.2) is 4.98 Å². The predicted molar refractivity (Wildman–Crippen MR) is 78.5 cm³/mol. The van der Waals surface area contributed by atoms with Crippen LogP contribution in [-0.2, 0) is 11.3 Å². The van der Waals surface area contributed by atoms with E-state index in [0.717, 1.165) is 22.8 Å². The van der Waals surface area contributed by atoms with Gasteiger partial charge in [0, 0.05) is 18.1 Å². The molecule has 1 atom stereocenters. The largest absolute Gasteiger partial charge is 0.480 e. The number of hydrogen-bond acceptors (Lipinski definition) is 5. The van der Waals surface area contributed by atoms with Gasteiger partial charge in [-0.1, -0.05) is 19.4 Å². The van der Waals surface area contributed by atoms with Crippen LogP contribution in [-0.4, -0.2) is 27.1 Å². The summed E-state index contributed by atoms with van der Waals surface area (Å²) in [4.78, 5) is 19.8. The van der Waals surface area contributed by atoms with Gasteiger partial charge in [0.2, 0.25) is 0 Å². The number of carboxylic acid groups (broad SMARTS) is 1. The molecule has 0 aliphatic rings. The van der Waals surface area contributed by atoms with Crippen molar-refractivity contribution in [2.75, 3.05) is 0 Å². The number of aromatic nitrogens is 2. The second-order valence-electron chi connectivity index (χ2n) is 4.42. The van der Waals surface area contributed by atoms with E-state index in [9.17, 15) is 4.79 Å². The third-order valence-corrected chi connectivity index (χ3v) is 3.75. The lowest BCUT2D eigenvalue weighted by Crippen LogP contribution is -2.36. The molecule has 106 valence electrons. The molecule has 6 heteroatoms. The lowest BCUT2D eigenvalue weighted by Gasteiger charge is -2.11. The molecule has 2 N–H and O–H groups in total. The second-order valence-corrected chi connectivity index (χ2v) is 5.28. The van der Waals surface area contributed by atoms with Gasteiger partial charge in [-0.15, -0.1) is 11.3 Å². The minimum absolute atomic E-state index is 0.459. The molecule has 0 aliphatic heterocycles. The summed E-state index contributed by atoms with van der Waals surface area (Å²) < 4.78 is 0. The van der Waals surface area contributed by atoms with Crippen molar-refractivity contribution in [3.63, 3.8) is 0 Å². The molecule has 20 heavy (non-hydrogen) atoms. The summed E-state index contributed by atoms with van der Waals surface area (Å²) in [5.74, 6) is -0.813. The summed E-state index contributed by atoms with van der Waals surface area (Å²) in [6.07, 6.45) is 3.18. The molecule has 2 heterocycles. The molecule has 2 aromatic heterocycles. The van der Waals surface area contributed by atoms with E-state index in [1.165, 1.54) is 11.3 Å². The summed E-state index contributed by atoms with van der Waals surface area (Å²) in [7, 11) is 0. The third-order valence-electron chi connectivity index (χ3n) is 2.84. The molecular weight excluding hydrogens is 274 g/mol. The highest BCUT2D eigenvalue weighted by Gasteiger charge is 2.16. The van der Waals surface area contributed by atoms with Gasteiger partial charge in [-0.2, -0.15) is 0 Å². The Balaban J connectivity index is 1.98. The van der Waals surface area contributed by atoms with Gasteiger partial charge in [0.1, 0.15) is 11.0 Å². The fourth-order valence-electron chi connectivity index (χ4n) is 1.82. The van der Waals surface area contributed by atoms with Crippen molar-refractivity contribution < 1.29 is 9.90 Å². The normalized spacial score (nSPS) is 12.2. The first-order valence-electron chi connectivity index (χ1n) is 6.52. The molecule has 0 bridgehead atoms. The van der Waals surface area contributed by atoms with E-state index < -0.39 is 12.0 Å². The van der Waals surface area contributed by atoms with Gasteiger partial charge >= 0.3 is 5.97 Å². The minimum atomic E-state index is -0.813. The molecular formula is C14H17N3O2S. The Hall–Kier alpha value is -1.79. The maximum absolute atomic E-state index is 11.0. The Morgan fingerprint density at radius 1 is 1.50 bits per heavy atom. The molecule has 0 saturated heterocycles. The number of carbonyl (C=O) groups is 1. The van der Waals surface area contributed by atoms with Crippen molar-refractivity contribution in [1.29, 1.82) is 0 Å². The Morgan fingerprint density at radius 3 is 3.00 bits per heavy atom. The van der Waals surface area contributed by atoms with E-state index >= 15 is 0 Å². The van der Waals surface area contributed by atoms with Gasteiger partial charge in [-0.05, 0) is 18.6 Å². The Kier molecular flexibility index (Phi) is 5.20. The number of aliphatic carboxylic acids is 1. The van der Waals surface area contributed by atoms with Crippen LogP contribution in [0.4, 0.5) is 0 Å². The smallest absolute Gasteiger partial charge is 0.320 e. The van der Waals surface area contributed by atoms with Crippen LogP contribution in [0.5, 0.6) is 0 Å². The zero-order valence-electron chi connectivity index (χ0n) is 11.2. The highest BCUT2D eigenvalue weighted by atomic mass is 32.1. The lowest BCUT2D eigenvalue weighted by molar-refractivity contribution is -0.139. The van der Waals surface area contributed by atoms with Crippen molar-refractivity contribution in [1.82, 2.24) is 15.3 Å². The van der Waals surface area contributed by atoms with Gasteiger partial charge < -0.3 is 5.11 Å². The van der Waals surface area contributed by atoms with Gasteiger partial charge in [0.25, 0.3) is 0 Å². The summed E-state index contributed by atoms with van der Waals surface area (Å²) in [6.45, 7) is 2.43. The zero-order valence-corrected chi connectivity index (χ0v) is 12.1. The second kappa shape index (κ2) is 7.12. The van der Waals surface area contributed by atoms with E-state index in [1.54, 1.807) is 6.20 Å². The zero-order chi connectivity index (χ0) is 14.4. The van der Waals surface area contributed by atoms with E-state index in [-0.39, 0.29) is 0 Å². The first-order valence-corrected chi connectivity index (χ1v) is 7.40. The van der Waals surface area contributed by atoms with E-state index in [0.29, 0.717) is 13.0 Å². The highest BCUT2D eigenvalue weighted by molar-refractivity contribution is 7.13. The fraction of sp³-hybridized carbons (Fsp3) is 0.357. The van der Waals surface area contributed by atoms with Crippen LogP contribution < -0.4 is 5.32 Å². The number of hydrogen-bond donors (Lipinski definition) is 2. The van der Waals surface area contributed by atoms with E-state index in [1.807, 2.05) is 30.5 Å². The summed E-state index contributed by atoms with van der Waals surface area (Å²) in [5, 5.41) is 14.9. The van der Waals surface area contributed by atoms with Crippen molar-refractivity contribution in [3.8, 4) is 10.7 Å². The monoisotopic (exact) mass is 291 g/mol. The Labute approximate surface area is 121 Å². The maximum atomic E-state index is 11.0. The van der Waals surface area contributed by atoms with Crippen LogP contribution in [0.1, 0.15) is 25.5 Å². The standard InChI is InChI=1S/C14H17N3O2S/c1-2-5-12(14(18)19)16-8-10-9-20-13(17-10)11-6-3-4-7-15-11/h3-4,6-7,9,12,16H,2,5,8H2,1H3,(H,18,19). The minimum Gasteiger partial charge on any atom is -0.480 e. The van der Waals surface area contributed by atoms with E-state index in [4.69, 9.17) is 5.11 Å². The van der Waals surface area contributed by atoms with Crippen LogP contribution >= 0.6 is 11.3 Å². The molecule has 0 aromatic carbocycles. The molecule has 0 aliphatic carbocycles. The predicted octanol–water partition coefficient (Wildman–Crippen LogP) is 2.55. The molecule has 1 unspecified atom stereocenters. The van der Waals surface area contributed by atoms with Gasteiger partial charge in [-0.3, -0.25) is 15.1 Å². The van der Waals surface area contributed by atoms with Gasteiger partial charge in [0.15, 0.2) is 0 Å². The first-order chi connectivity index (χ1) is 9.70. The van der Waals surface area contributed by atoms with Crippen molar-refractivity contribution >= 4 is 17.3 Å². The molecule has 0 radical (unpaired) electrons. The van der Waals surface area contributed by atoms with Crippen LogP contribution in [0, 0.1) is 0 Å². The molecule has 2 aromatic rings. The molecule has 0 spiro atoms. The SMILES string of the molecule is CCCC(NCc1csc(-c2ccccn2)n1)C(=O)O. The summed E-state index contributed by atoms with van der Waals surface area (Å²) >= 11 is 1.52. The number of nitrogens with zero attached hydrogens (tertiary/aromatic N) is 2.